The van der Waals surface area contributed by atoms with Gasteiger partial charge in [0.15, 0.2) is 5.82 Å². The number of aryl methyl sites for hydroxylation is 2. The predicted molar refractivity (Wildman–Crippen MR) is 118 cm³/mol. The van der Waals surface area contributed by atoms with E-state index in [1.807, 2.05) is 6.07 Å². The summed E-state index contributed by atoms with van der Waals surface area (Å²) in [5.74, 6) is 1.74. The molecule has 1 aromatic carbocycles. The molecule has 9 heteroatoms. The van der Waals surface area contributed by atoms with Gasteiger partial charge in [-0.05, 0) is 44.5 Å². The summed E-state index contributed by atoms with van der Waals surface area (Å²) in [4.78, 5) is 17.6. The molecule has 0 amide bonds. The number of piperazine rings is 1. The summed E-state index contributed by atoms with van der Waals surface area (Å²) >= 11 is 6.18. The molecule has 4 rings (SSSR count). The van der Waals surface area contributed by atoms with Gasteiger partial charge in [0.2, 0.25) is 0 Å². The Bertz CT molecular complexity index is 985. The number of aromatic nitrogens is 4. The van der Waals surface area contributed by atoms with E-state index in [1.54, 1.807) is 13.1 Å². The maximum atomic E-state index is 6.18. The summed E-state index contributed by atoms with van der Waals surface area (Å²) in [7, 11) is 0. The van der Waals surface area contributed by atoms with Crippen LogP contribution in [0, 0.1) is 13.8 Å². The molecule has 30 heavy (non-hydrogen) atoms. The number of nitrogens with one attached hydrogen (secondary N) is 1. The number of hydrogen-bond acceptors (Lipinski definition) is 8. The lowest BCUT2D eigenvalue weighted by atomic mass is 10.1. The summed E-state index contributed by atoms with van der Waals surface area (Å²) in [5.41, 5.74) is 3.24. The summed E-state index contributed by atoms with van der Waals surface area (Å²) in [5, 5.41) is 8.02. The molecule has 3 aromatic rings. The molecule has 0 saturated carbocycles. The van der Waals surface area contributed by atoms with Crippen LogP contribution in [0.15, 0.2) is 35.2 Å². The zero-order valence-electron chi connectivity index (χ0n) is 17.3. The smallest absolute Gasteiger partial charge is 0.263 e. The second kappa shape index (κ2) is 9.40. The highest BCUT2D eigenvalue weighted by Crippen LogP contribution is 2.25. The van der Waals surface area contributed by atoms with Crippen molar-refractivity contribution in [1.82, 2.24) is 25.0 Å². The van der Waals surface area contributed by atoms with Crippen LogP contribution in [-0.2, 0) is 0 Å². The molecule has 3 heterocycles. The highest BCUT2D eigenvalue weighted by molar-refractivity contribution is 6.30. The molecule has 8 nitrogen and oxygen atoms in total. The molecule has 1 fully saturated rings. The van der Waals surface area contributed by atoms with E-state index in [0.717, 1.165) is 62.1 Å². The van der Waals surface area contributed by atoms with Crippen LogP contribution in [0.5, 0.6) is 0 Å². The van der Waals surface area contributed by atoms with Gasteiger partial charge in [-0.3, -0.25) is 4.90 Å². The normalized spacial score (nSPS) is 14.8. The number of rotatable bonds is 7. The molecule has 0 radical (unpaired) electrons. The Morgan fingerprint density at radius 3 is 2.77 bits per heavy atom. The maximum Gasteiger partial charge on any atom is 0.263 e. The van der Waals surface area contributed by atoms with Gasteiger partial charge >= 0.3 is 0 Å². The summed E-state index contributed by atoms with van der Waals surface area (Å²) in [6, 6.07) is 6.11. The first-order valence-corrected chi connectivity index (χ1v) is 10.6. The van der Waals surface area contributed by atoms with Gasteiger partial charge in [-0.1, -0.05) is 22.8 Å². The monoisotopic (exact) mass is 427 g/mol. The summed E-state index contributed by atoms with van der Waals surface area (Å²) < 4.78 is 5.25. The van der Waals surface area contributed by atoms with Gasteiger partial charge in [0, 0.05) is 49.6 Å². The van der Waals surface area contributed by atoms with Gasteiger partial charge in [-0.25, -0.2) is 9.97 Å². The fourth-order valence-corrected chi connectivity index (χ4v) is 3.84. The second-order valence-corrected chi connectivity index (χ2v) is 7.91. The first-order chi connectivity index (χ1) is 14.6. The fourth-order valence-electron chi connectivity index (χ4n) is 3.68. The van der Waals surface area contributed by atoms with E-state index in [4.69, 9.17) is 16.1 Å². The van der Waals surface area contributed by atoms with Crippen molar-refractivity contribution in [3.8, 4) is 11.5 Å². The van der Waals surface area contributed by atoms with Gasteiger partial charge in [-0.15, -0.1) is 0 Å². The zero-order chi connectivity index (χ0) is 20.9. The molecule has 158 valence electrons. The van der Waals surface area contributed by atoms with Gasteiger partial charge < -0.3 is 14.7 Å². The summed E-state index contributed by atoms with van der Waals surface area (Å²) in [6.07, 6.45) is 4.23. The average Bonchev–Trinajstić information content (AvgIpc) is 3.20. The second-order valence-electron chi connectivity index (χ2n) is 7.47. The highest BCUT2D eigenvalue weighted by atomic mass is 35.5. The molecule has 1 N–H and O–H groups in total. The van der Waals surface area contributed by atoms with Crippen molar-refractivity contribution >= 4 is 23.1 Å². The Morgan fingerprint density at radius 1 is 1.17 bits per heavy atom. The highest BCUT2D eigenvalue weighted by Gasteiger charge is 2.18. The zero-order valence-corrected chi connectivity index (χ0v) is 18.1. The molecule has 0 unspecified atom stereocenters. The van der Waals surface area contributed by atoms with E-state index in [1.165, 1.54) is 17.6 Å². The molecule has 1 aliphatic rings. The standard InChI is InChI=1S/C21H26ClN7O/c1-15-4-5-17(22)12-19(15)29-10-8-28(9-11-29)7-3-6-24-20-18(13-23-14-25-20)21-26-16(2)27-30-21/h4-5,12-14H,3,6-11H2,1-2H3,(H,23,24,25). The first kappa shape index (κ1) is 20.6. The molecule has 2 aromatic heterocycles. The van der Waals surface area contributed by atoms with Crippen LogP contribution in [0.1, 0.15) is 17.8 Å². The Labute approximate surface area is 181 Å². The number of hydrogen-bond donors (Lipinski definition) is 1. The van der Waals surface area contributed by atoms with Crippen LogP contribution in [0.2, 0.25) is 5.02 Å². The first-order valence-electron chi connectivity index (χ1n) is 10.2. The third-order valence-corrected chi connectivity index (χ3v) is 5.53. The van der Waals surface area contributed by atoms with E-state index in [-0.39, 0.29) is 0 Å². The predicted octanol–water partition coefficient (Wildman–Crippen LogP) is 3.42. The Hall–Kier alpha value is -2.71. The number of benzene rings is 1. The third kappa shape index (κ3) is 4.88. The summed E-state index contributed by atoms with van der Waals surface area (Å²) in [6.45, 7) is 9.90. The largest absolute Gasteiger partial charge is 0.369 e. The van der Waals surface area contributed by atoms with Crippen molar-refractivity contribution in [3.05, 3.63) is 47.1 Å². The van der Waals surface area contributed by atoms with Gasteiger partial charge in [-0.2, -0.15) is 4.98 Å². The van der Waals surface area contributed by atoms with Crippen LogP contribution in [0.3, 0.4) is 0 Å². The van der Waals surface area contributed by atoms with Crippen molar-refractivity contribution in [2.24, 2.45) is 0 Å². The van der Waals surface area contributed by atoms with Crippen LogP contribution < -0.4 is 10.2 Å². The molecule has 1 saturated heterocycles. The van der Waals surface area contributed by atoms with Crippen molar-refractivity contribution in [1.29, 1.82) is 0 Å². The Morgan fingerprint density at radius 2 is 2.00 bits per heavy atom. The SMILES string of the molecule is Cc1noc(-c2cncnc2NCCCN2CCN(c3cc(Cl)ccc3C)CC2)n1. The van der Waals surface area contributed by atoms with Crippen LogP contribution in [0.4, 0.5) is 11.5 Å². The van der Waals surface area contributed by atoms with Gasteiger partial charge in [0.05, 0.1) is 0 Å². The molecule has 0 spiro atoms. The topological polar surface area (TPSA) is 83.2 Å². The van der Waals surface area contributed by atoms with Crippen LogP contribution >= 0.6 is 11.6 Å². The van der Waals surface area contributed by atoms with E-state index in [2.05, 4.69) is 54.3 Å². The lowest BCUT2D eigenvalue weighted by molar-refractivity contribution is 0.257. The molecule has 1 aliphatic heterocycles. The minimum Gasteiger partial charge on any atom is -0.369 e. The molecular weight excluding hydrogens is 402 g/mol. The average molecular weight is 428 g/mol. The van der Waals surface area contributed by atoms with Gasteiger partial charge in [0.1, 0.15) is 17.7 Å². The Kier molecular flexibility index (Phi) is 6.44. The van der Waals surface area contributed by atoms with E-state index in [0.29, 0.717) is 11.7 Å². The quantitative estimate of drug-likeness (QED) is 0.574. The lowest BCUT2D eigenvalue weighted by Gasteiger charge is -2.37. The van der Waals surface area contributed by atoms with Crippen molar-refractivity contribution in [2.45, 2.75) is 20.3 Å². The van der Waals surface area contributed by atoms with E-state index >= 15 is 0 Å². The van der Waals surface area contributed by atoms with Crippen molar-refractivity contribution in [3.63, 3.8) is 0 Å². The molecular formula is C21H26ClN7O. The minimum absolute atomic E-state index is 0.433. The van der Waals surface area contributed by atoms with Gasteiger partial charge in [0.25, 0.3) is 5.89 Å². The fraction of sp³-hybridized carbons (Fsp3) is 0.429. The molecule has 0 bridgehead atoms. The molecule has 0 aliphatic carbocycles. The van der Waals surface area contributed by atoms with Crippen LogP contribution in [0.25, 0.3) is 11.5 Å². The maximum absolute atomic E-state index is 6.18. The third-order valence-electron chi connectivity index (χ3n) is 5.30. The van der Waals surface area contributed by atoms with E-state index < -0.39 is 0 Å². The Balaban J connectivity index is 1.24. The molecule has 0 atom stereocenters. The number of anilines is 2. The number of nitrogens with zero attached hydrogens (tertiary/aromatic N) is 6. The minimum atomic E-state index is 0.433. The number of halogens is 1. The lowest BCUT2D eigenvalue weighted by Crippen LogP contribution is -2.47. The van der Waals surface area contributed by atoms with Crippen LogP contribution in [-0.4, -0.2) is 64.3 Å². The van der Waals surface area contributed by atoms with Crippen molar-refractivity contribution in [2.75, 3.05) is 49.5 Å². The van der Waals surface area contributed by atoms with Crippen molar-refractivity contribution < 1.29 is 4.52 Å². The van der Waals surface area contributed by atoms with E-state index in [9.17, 15) is 0 Å².